The zero-order chi connectivity index (χ0) is 24.1. The largest absolute Gasteiger partial charge is 0.444 e. The molecule has 0 spiro atoms. The highest BCUT2D eigenvalue weighted by Crippen LogP contribution is 2.21. The van der Waals surface area contributed by atoms with Crippen molar-refractivity contribution in [3.8, 4) is 0 Å². The first-order chi connectivity index (χ1) is 14.7. The van der Waals surface area contributed by atoms with E-state index in [-0.39, 0.29) is 12.8 Å². The normalized spacial score (nSPS) is 14.2. The highest BCUT2D eigenvalue weighted by atomic mass is 19.1. The molecule has 0 saturated heterocycles. The molecule has 2 rings (SSSR count). The van der Waals surface area contributed by atoms with Gasteiger partial charge in [0, 0.05) is 11.6 Å². The molecule has 32 heavy (non-hydrogen) atoms. The third-order valence-electron chi connectivity index (χ3n) is 4.58. The fourth-order valence-electron chi connectivity index (χ4n) is 3.32. The van der Waals surface area contributed by atoms with E-state index in [0.29, 0.717) is 5.56 Å². The van der Waals surface area contributed by atoms with Gasteiger partial charge in [0.1, 0.15) is 29.1 Å². The van der Waals surface area contributed by atoms with Gasteiger partial charge in [-0.25, -0.2) is 18.0 Å². The molecule has 2 atom stereocenters. The molecule has 2 aromatic rings. The summed E-state index contributed by atoms with van der Waals surface area (Å²) in [7, 11) is 0. The monoisotopic (exact) mass is 450 g/mol. The lowest BCUT2D eigenvalue weighted by Crippen LogP contribution is -2.55. The van der Waals surface area contributed by atoms with E-state index in [0.717, 1.165) is 11.6 Å². The fraction of sp³-hybridized carbons (Fsp3) is 0.417. The van der Waals surface area contributed by atoms with E-state index in [1.165, 1.54) is 31.2 Å². The van der Waals surface area contributed by atoms with E-state index in [1.54, 1.807) is 39.8 Å². The Balaban J connectivity index is 2.21. The summed E-state index contributed by atoms with van der Waals surface area (Å²) in [6, 6.07) is 7.98. The van der Waals surface area contributed by atoms with E-state index in [9.17, 15) is 22.8 Å². The number of rotatable bonds is 7. The first-order valence-corrected chi connectivity index (χ1v) is 10.3. The minimum absolute atomic E-state index is 0.101. The Labute approximate surface area is 186 Å². The predicted octanol–water partition coefficient (Wildman–Crippen LogP) is 4.68. The van der Waals surface area contributed by atoms with Crippen molar-refractivity contribution in [2.45, 2.75) is 64.6 Å². The van der Waals surface area contributed by atoms with Crippen molar-refractivity contribution in [2.75, 3.05) is 0 Å². The van der Waals surface area contributed by atoms with Crippen LogP contribution in [-0.4, -0.2) is 29.2 Å². The van der Waals surface area contributed by atoms with Crippen LogP contribution in [-0.2, 0) is 22.4 Å². The SMILES string of the molecule is C[C@H](NC(=O)OC(C)(C)C)C(=O)NC(C)(Cc1ccc(F)cc1)Cc1cc(F)cc(F)c1. The molecular formula is C24H29F3N2O3. The van der Waals surface area contributed by atoms with Crippen LogP contribution in [0.2, 0.25) is 0 Å². The second kappa shape index (κ2) is 10.1. The molecule has 2 amide bonds. The van der Waals surface area contributed by atoms with Crippen LogP contribution >= 0.6 is 0 Å². The number of hydrogen-bond donors (Lipinski definition) is 2. The van der Waals surface area contributed by atoms with Crippen LogP contribution in [0.15, 0.2) is 42.5 Å². The van der Waals surface area contributed by atoms with Crippen LogP contribution in [0, 0.1) is 17.5 Å². The molecule has 0 aliphatic rings. The van der Waals surface area contributed by atoms with Gasteiger partial charge in [-0.15, -0.1) is 0 Å². The summed E-state index contributed by atoms with van der Waals surface area (Å²) in [5, 5.41) is 5.33. The van der Waals surface area contributed by atoms with Crippen molar-refractivity contribution in [1.82, 2.24) is 10.6 Å². The smallest absolute Gasteiger partial charge is 0.408 e. The Kier molecular flexibility index (Phi) is 7.93. The lowest BCUT2D eigenvalue weighted by Gasteiger charge is -2.33. The molecule has 2 aromatic carbocycles. The average molecular weight is 451 g/mol. The molecular weight excluding hydrogens is 421 g/mol. The Morgan fingerprint density at radius 1 is 0.875 bits per heavy atom. The quantitative estimate of drug-likeness (QED) is 0.644. The molecule has 5 nitrogen and oxygen atoms in total. The zero-order valence-electron chi connectivity index (χ0n) is 18.9. The van der Waals surface area contributed by atoms with Crippen molar-refractivity contribution < 1.29 is 27.5 Å². The molecule has 2 N–H and O–H groups in total. The first kappa shape index (κ1) is 25.2. The van der Waals surface area contributed by atoms with Gasteiger partial charge in [0.25, 0.3) is 0 Å². The van der Waals surface area contributed by atoms with Crippen LogP contribution < -0.4 is 10.6 Å². The van der Waals surface area contributed by atoms with Crippen molar-refractivity contribution in [3.05, 3.63) is 71.0 Å². The Morgan fingerprint density at radius 3 is 1.94 bits per heavy atom. The van der Waals surface area contributed by atoms with Gasteiger partial charge >= 0.3 is 6.09 Å². The standard InChI is InChI=1S/C24H29F3N2O3/c1-15(28-22(31)32-23(2,3)4)21(30)29-24(5,13-16-6-8-18(25)9-7-16)14-17-10-19(26)12-20(27)11-17/h6-12,15H,13-14H2,1-5H3,(H,28,31)(H,29,30)/t15-,24?/m0/s1. The van der Waals surface area contributed by atoms with E-state index in [4.69, 9.17) is 4.74 Å². The molecule has 0 fully saturated rings. The van der Waals surface area contributed by atoms with Crippen LogP contribution in [0.3, 0.4) is 0 Å². The molecule has 0 saturated carbocycles. The second-order valence-electron chi connectivity index (χ2n) is 9.18. The number of benzene rings is 2. The molecule has 174 valence electrons. The summed E-state index contributed by atoms with van der Waals surface area (Å²) in [5.74, 6) is -2.36. The summed E-state index contributed by atoms with van der Waals surface area (Å²) in [6.07, 6.45) is -0.382. The Hall–Kier alpha value is -3.03. The minimum atomic E-state index is -0.987. The second-order valence-corrected chi connectivity index (χ2v) is 9.18. The van der Waals surface area contributed by atoms with Crippen molar-refractivity contribution >= 4 is 12.0 Å². The first-order valence-electron chi connectivity index (χ1n) is 10.3. The van der Waals surface area contributed by atoms with E-state index in [1.807, 2.05) is 0 Å². The highest BCUT2D eigenvalue weighted by molar-refractivity contribution is 5.85. The van der Waals surface area contributed by atoms with Crippen molar-refractivity contribution in [3.63, 3.8) is 0 Å². The van der Waals surface area contributed by atoms with Gasteiger partial charge in [0.15, 0.2) is 0 Å². The topological polar surface area (TPSA) is 67.4 Å². The number of carbonyl (C=O) groups is 2. The van der Waals surface area contributed by atoms with Gasteiger partial charge in [-0.3, -0.25) is 4.79 Å². The van der Waals surface area contributed by atoms with Gasteiger partial charge in [-0.1, -0.05) is 12.1 Å². The van der Waals surface area contributed by atoms with Crippen LogP contribution in [0.1, 0.15) is 45.7 Å². The minimum Gasteiger partial charge on any atom is -0.444 e. The van der Waals surface area contributed by atoms with Gasteiger partial charge in [-0.2, -0.15) is 0 Å². The molecule has 0 aliphatic heterocycles. The number of carbonyl (C=O) groups excluding carboxylic acids is 2. The molecule has 0 aliphatic carbocycles. The third kappa shape index (κ3) is 8.24. The number of alkyl carbamates (subject to hydrolysis) is 1. The molecule has 0 radical (unpaired) electrons. The average Bonchev–Trinajstić information content (AvgIpc) is 2.60. The fourth-order valence-corrected chi connectivity index (χ4v) is 3.32. The molecule has 0 aromatic heterocycles. The van der Waals surface area contributed by atoms with Crippen LogP contribution in [0.25, 0.3) is 0 Å². The maximum Gasteiger partial charge on any atom is 0.408 e. The van der Waals surface area contributed by atoms with E-state index >= 15 is 0 Å². The number of amides is 2. The summed E-state index contributed by atoms with van der Waals surface area (Å²) in [6.45, 7) is 8.33. The Morgan fingerprint density at radius 2 is 1.41 bits per heavy atom. The van der Waals surface area contributed by atoms with Gasteiger partial charge in [0.2, 0.25) is 5.91 Å². The van der Waals surface area contributed by atoms with Crippen molar-refractivity contribution in [1.29, 1.82) is 0 Å². The molecule has 1 unspecified atom stereocenters. The van der Waals surface area contributed by atoms with Gasteiger partial charge < -0.3 is 15.4 Å². The third-order valence-corrected chi connectivity index (χ3v) is 4.58. The maximum absolute atomic E-state index is 13.7. The maximum atomic E-state index is 13.7. The lowest BCUT2D eigenvalue weighted by molar-refractivity contribution is -0.124. The van der Waals surface area contributed by atoms with Crippen LogP contribution in [0.5, 0.6) is 0 Å². The van der Waals surface area contributed by atoms with E-state index in [2.05, 4.69) is 10.6 Å². The molecule has 0 heterocycles. The van der Waals surface area contributed by atoms with E-state index < -0.39 is 46.6 Å². The number of ether oxygens (including phenoxy) is 1. The lowest BCUT2D eigenvalue weighted by atomic mass is 9.86. The summed E-state index contributed by atoms with van der Waals surface area (Å²) in [5.41, 5.74) is -0.642. The molecule has 0 bridgehead atoms. The summed E-state index contributed by atoms with van der Waals surface area (Å²) < 4.78 is 45.9. The van der Waals surface area contributed by atoms with Gasteiger partial charge in [0.05, 0.1) is 0 Å². The zero-order valence-corrected chi connectivity index (χ0v) is 18.9. The van der Waals surface area contributed by atoms with Crippen molar-refractivity contribution in [2.24, 2.45) is 0 Å². The number of halogens is 3. The Bertz CT molecular complexity index is 938. The summed E-state index contributed by atoms with van der Waals surface area (Å²) >= 11 is 0. The highest BCUT2D eigenvalue weighted by Gasteiger charge is 2.31. The molecule has 8 heteroatoms. The predicted molar refractivity (Wildman–Crippen MR) is 116 cm³/mol. The van der Waals surface area contributed by atoms with Crippen LogP contribution in [0.4, 0.5) is 18.0 Å². The summed E-state index contributed by atoms with van der Waals surface area (Å²) in [4.78, 5) is 24.8. The van der Waals surface area contributed by atoms with Gasteiger partial charge in [-0.05, 0) is 82.9 Å². The number of nitrogens with one attached hydrogen (secondary N) is 2. The number of hydrogen-bond acceptors (Lipinski definition) is 3.